The van der Waals surface area contributed by atoms with Crippen molar-refractivity contribution in [3.63, 3.8) is 0 Å². The van der Waals surface area contributed by atoms with Crippen molar-refractivity contribution in [1.29, 1.82) is 0 Å². The molecule has 0 aliphatic carbocycles. The number of aromatic nitrogens is 3. The SMILES string of the molecule is N.c1cncc(-c2ccncn2)c1. The fourth-order valence-corrected chi connectivity index (χ4v) is 0.976. The highest BCUT2D eigenvalue weighted by atomic mass is 14.8. The maximum Gasteiger partial charge on any atom is 0.116 e. The Bertz CT molecular complexity index is 309. The van der Waals surface area contributed by atoms with Gasteiger partial charge in [0.1, 0.15) is 6.33 Å². The summed E-state index contributed by atoms with van der Waals surface area (Å²) in [7, 11) is 0. The van der Waals surface area contributed by atoms with E-state index >= 15 is 0 Å². The first kappa shape index (κ1) is 9.28. The van der Waals surface area contributed by atoms with E-state index < -0.39 is 0 Å². The van der Waals surface area contributed by atoms with Gasteiger partial charge in [0.25, 0.3) is 0 Å². The van der Waals surface area contributed by atoms with Gasteiger partial charge in [-0.1, -0.05) is 0 Å². The summed E-state index contributed by atoms with van der Waals surface area (Å²) in [6, 6.07) is 5.71. The fourth-order valence-electron chi connectivity index (χ4n) is 0.976. The third kappa shape index (κ3) is 2.07. The summed E-state index contributed by atoms with van der Waals surface area (Å²) < 4.78 is 0. The van der Waals surface area contributed by atoms with Crippen LogP contribution in [-0.4, -0.2) is 15.0 Å². The Balaban J connectivity index is 0.000000845. The number of rotatable bonds is 1. The molecule has 0 aliphatic rings. The molecule has 3 N–H and O–H groups in total. The van der Waals surface area contributed by atoms with Crippen LogP contribution in [-0.2, 0) is 0 Å². The van der Waals surface area contributed by atoms with E-state index in [1.165, 1.54) is 6.33 Å². The third-order valence-electron chi connectivity index (χ3n) is 1.54. The van der Waals surface area contributed by atoms with E-state index in [0.29, 0.717) is 0 Å². The van der Waals surface area contributed by atoms with Crippen LogP contribution in [0.2, 0.25) is 0 Å². The van der Waals surface area contributed by atoms with Crippen molar-refractivity contribution >= 4 is 0 Å². The largest absolute Gasteiger partial charge is 0.344 e. The van der Waals surface area contributed by atoms with Crippen LogP contribution in [0.5, 0.6) is 0 Å². The van der Waals surface area contributed by atoms with Gasteiger partial charge in [0.15, 0.2) is 0 Å². The van der Waals surface area contributed by atoms with Gasteiger partial charge in [-0.05, 0) is 18.2 Å². The molecule has 0 unspecified atom stereocenters. The molecule has 0 saturated heterocycles. The maximum atomic E-state index is 4.10. The molecule has 0 atom stereocenters. The van der Waals surface area contributed by atoms with Crippen LogP contribution < -0.4 is 6.15 Å². The Hall–Kier alpha value is -1.81. The van der Waals surface area contributed by atoms with Crippen molar-refractivity contribution in [2.24, 2.45) is 0 Å². The number of hydrogen-bond acceptors (Lipinski definition) is 4. The van der Waals surface area contributed by atoms with Gasteiger partial charge in [0.05, 0.1) is 5.69 Å². The molecule has 13 heavy (non-hydrogen) atoms. The smallest absolute Gasteiger partial charge is 0.116 e. The van der Waals surface area contributed by atoms with Crippen molar-refractivity contribution in [2.75, 3.05) is 0 Å². The van der Waals surface area contributed by atoms with Crippen molar-refractivity contribution in [2.45, 2.75) is 0 Å². The van der Waals surface area contributed by atoms with Gasteiger partial charge in [-0.3, -0.25) is 4.98 Å². The van der Waals surface area contributed by atoms with Gasteiger partial charge in [0, 0.05) is 24.2 Å². The zero-order chi connectivity index (χ0) is 8.23. The van der Waals surface area contributed by atoms with Gasteiger partial charge in [0.2, 0.25) is 0 Å². The molecule has 4 nitrogen and oxygen atoms in total. The molecule has 0 amide bonds. The lowest BCUT2D eigenvalue weighted by Gasteiger charge is -1.96. The first-order chi connectivity index (χ1) is 5.97. The summed E-state index contributed by atoms with van der Waals surface area (Å²) in [5, 5.41) is 0. The zero-order valence-corrected chi connectivity index (χ0v) is 7.09. The molecular formula is C9H10N4. The van der Waals surface area contributed by atoms with E-state index in [-0.39, 0.29) is 6.15 Å². The molecule has 0 radical (unpaired) electrons. The van der Waals surface area contributed by atoms with Crippen LogP contribution in [0.25, 0.3) is 11.3 Å². The van der Waals surface area contributed by atoms with Crippen LogP contribution >= 0.6 is 0 Å². The first-order valence-electron chi connectivity index (χ1n) is 3.63. The molecule has 4 heteroatoms. The van der Waals surface area contributed by atoms with E-state index in [0.717, 1.165) is 11.3 Å². The zero-order valence-electron chi connectivity index (χ0n) is 7.09. The standard InChI is InChI=1S/C9H7N3.H3N/c1-2-8(6-10-4-1)9-3-5-11-7-12-9;/h1-7H;1H3. The van der Waals surface area contributed by atoms with Crippen molar-refractivity contribution in [1.82, 2.24) is 21.1 Å². The molecule has 0 fully saturated rings. The molecule has 0 saturated carbocycles. The minimum Gasteiger partial charge on any atom is -0.344 e. The summed E-state index contributed by atoms with van der Waals surface area (Å²) in [6.07, 6.45) is 6.77. The van der Waals surface area contributed by atoms with E-state index in [2.05, 4.69) is 15.0 Å². The second-order valence-corrected chi connectivity index (χ2v) is 2.34. The highest BCUT2D eigenvalue weighted by Crippen LogP contribution is 2.12. The van der Waals surface area contributed by atoms with Crippen LogP contribution in [0.3, 0.4) is 0 Å². The lowest BCUT2D eigenvalue weighted by Crippen LogP contribution is -1.83. The quantitative estimate of drug-likeness (QED) is 0.714. The third-order valence-corrected chi connectivity index (χ3v) is 1.54. The van der Waals surface area contributed by atoms with E-state index in [9.17, 15) is 0 Å². The van der Waals surface area contributed by atoms with Crippen LogP contribution in [0.4, 0.5) is 0 Å². The lowest BCUT2D eigenvalue weighted by molar-refractivity contribution is 1.17. The predicted molar refractivity (Wildman–Crippen MR) is 50.3 cm³/mol. The van der Waals surface area contributed by atoms with Gasteiger partial charge < -0.3 is 6.15 Å². The average Bonchev–Trinajstić information content (AvgIpc) is 2.21. The van der Waals surface area contributed by atoms with Crippen LogP contribution in [0, 0.1) is 0 Å². The molecule has 2 heterocycles. The van der Waals surface area contributed by atoms with E-state index in [1.54, 1.807) is 18.6 Å². The molecule has 66 valence electrons. The molecule has 0 aliphatic heterocycles. The molecule has 0 aromatic carbocycles. The van der Waals surface area contributed by atoms with Crippen LogP contribution in [0.1, 0.15) is 0 Å². The van der Waals surface area contributed by atoms with Gasteiger partial charge in [-0.2, -0.15) is 0 Å². The number of pyridine rings is 1. The number of hydrogen-bond donors (Lipinski definition) is 1. The minimum absolute atomic E-state index is 0. The Morgan fingerprint density at radius 2 is 1.92 bits per heavy atom. The van der Waals surface area contributed by atoms with Gasteiger partial charge >= 0.3 is 0 Å². The molecule has 0 bridgehead atoms. The lowest BCUT2D eigenvalue weighted by atomic mass is 10.2. The predicted octanol–water partition coefficient (Wildman–Crippen LogP) is 1.70. The summed E-state index contributed by atoms with van der Waals surface area (Å²) in [5.74, 6) is 0. The Kier molecular flexibility index (Phi) is 3.05. The summed E-state index contributed by atoms with van der Waals surface area (Å²) in [6.45, 7) is 0. The molecule has 2 aromatic rings. The van der Waals surface area contributed by atoms with Crippen LogP contribution in [0.15, 0.2) is 43.1 Å². The summed E-state index contributed by atoms with van der Waals surface area (Å²) in [5.41, 5.74) is 1.91. The minimum atomic E-state index is 0. The van der Waals surface area contributed by atoms with Gasteiger partial charge in [-0.15, -0.1) is 0 Å². The van der Waals surface area contributed by atoms with Crippen molar-refractivity contribution < 1.29 is 0 Å². The van der Waals surface area contributed by atoms with Crippen molar-refractivity contribution in [3.8, 4) is 11.3 Å². The van der Waals surface area contributed by atoms with E-state index in [4.69, 9.17) is 0 Å². The Morgan fingerprint density at radius 1 is 1.00 bits per heavy atom. The highest BCUT2D eigenvalue weighted by Gasteiger charge is 1.94. The maximum absolute atomic E-state index is 4.10. The molecule has 2 aromatic heterocycles. The second kappa shape index (κ2) is 4.27. The Labute approximate surface area is 76.3 Å². The molecule has 0 spiro atoms. The fraction of sp³-hybridized carbons (Fsp3) is 0. The topological polar surface area (TPSA) is 73.7 Å². The highest BCUT2D eigenvalue weighted by molar-refractivity contribution is 5.56. The average molecular weight is 174 g/mol. The second-order valence-electron chi connectivity index (χ2n) is 2.34. The summed E-state index contributed by atoms with van der Waals surface area (Å²) in [4.78, 5) is 11.9. The van der Waals surface area contributed by atoms with Crippen molar-refractivity contribution in [3.05, 3.63) is 43.1 Å². The molecule has 2 rings (SSSR count). The van der Waals surface area contributed by atoms with E-state index in [1.807, 2.05) is 18.2 Å². The first-order valence-corrected chi connectivity index (χ1v) is 3.63. The summed E-state index contributed by atoms with van der Waals surface area (Å²) >= 11 is 0. The number of nitrogens with zero attached hydrogens (tertiary/aromatic N) is 3. The normalized spacial score (nSPS) is 8.92. The monoisotopic (exact) mass is 174 g/mol. The Morgan fingerprint density at radius 3 is 2.54 bits per heavy atom. The van der Waals surface area contributed by atoms with Gasteiger partial charge in [-0.25, -0.2) is 9.97 Å². The molecular weight excluding hydrogens is 164 g/mol.